The minimum atomic E-state index is -0.436. The maximum atomic E-state index is 11.1. The number of pyridine rings is 1. The number of aromatic nitrogens is 1. The summed E-state index contributed by atoms with van der Waals surface area (Å²) in [5.41, 5.74) is 0.824. The molecule has 1 aromatic carbocycles. The quantitative estimate of drug-likeness (QED) is 0.654. The summed E-state index contributed by atoms with van der Waals surface area (Å²) in [5, 5.41) is 14.2. The van der Waals surface area contributed by atoms with Crippen LogP contribution in [0.4, 0.5) is 11.5 Å². The van der Waals surface area contributed by atoms with Gasteiger partial charge in [-0.3, -0.25) is 15.4 Å². The fraction of sp³-hybridized carbons (Fsp3) is 0.267. The number of nitro groups is 1. The van der Waals surface area contributed by atoms with Crippen LogP contribution in [0.1, 0.15) is 18.5 Å². The molecule has 0 saturated heterocycles. The zero-order valence-corrected chi connectivity index (χ0v) is 12.6. The normalized spacial score (nSPS) is 11.6. The Morgan fingerprint density at radius 3 is 2.68 bits per heavy atom. The molecule has 116 valence electrons. The van der Waals surface area contributed by atoms with Crippen molar-refractivity contribution >= 4 is 11.5 Å². The smallest absolute Gasteiger partial charge is 0.357 e. The Labute approximate surface area is 128 Å². The number of hydrogen-bond acceptors (Lipinski definition) is 5. The van der Waals surface area contributed by atoms with Gasteiger partial charge in [-0.25, -0.2) is 4.98 Å². The lowest BCUT2D eigenvalue weighted by Crippen LogP contribution is -2.18. The van der Waals surface area contributed by atoms with Crippen LogP contribution < -0.4 is 19.8 Å². The molecule has 0 amide bonds. The zero-order chi connectivity index (χ0) is 16.1. The molecular weight excluding hydrogens is 286 g/mol. The Morgan fingerprint density at radius 2 is 2.05 bits per heavy atom. The molecule has 0 radical (unpaired) electrons. The summed E-state index contributed by atoms with van der Waals surface area (Å²) in [4.78, 5) is 13.5. The Balaban J connectivity index is 2.33. The number of nitrogens with zero attached hydrogens (tertiary/aromatic N) is 1. The number of benzene rings is 1. The molecule has 2 rings (SSSR count). The molecule has 0 aliphatic rings. The van der Waals surface area contributed by atoms with Crippen molar-refractivity contribution in [1.82, 2.24) is 0 Å². The second kappa shape index (κ2) is 6.75. The van der Waals surface area contributed by atoms with Gasteiger partial charge in [-0.2, -0.15) is 0 Å². The number of H-pyrrole nitrogens is 1. The van der Waals surface area contributed by atoms with Crippen molar-refractivity contribution < 1.29 is 19.4 Å². The van der Waals surface area contributed by atoms with Gasteiger partial charge in [0, 0.05) is 11.6 Å². The maximum Gasteiger partial charge on any atom is 0.357 e. The molecule has 0 aliphatic heterocycles. The molecule has 7 nitrogen and oxygen atoms in total. The zero-order valence-electron chi connectivity index (χ0n) is 12.6. The van der Waals surface area contributed by atoms with E-state index in [9.17, 15) is 10.1 Å². The Bertz CT molecular complexity index is 676. The summed E-state index contributed by atoms with van der Waals surface area (Å²) in [6, 6.07) is 8.24. The lowest BCUT2D eigenvalue weighted by molar-refractivity contribution is -0.409. The molecule has 1 atom stereocenters. The average molecular weight is 304 g/mol. The van der Waals surface area contributed by atoms with Gasteiger partial charge in [-0.15, -0.1) is 0 Å². The van der Waals surface area contributed by atoms with Crippen molar-refractivity contribution in [2.24, 2.45) is 0 Å². The standard InChI is InChI=1S/C15H17N3O4/c1-10(12-9-11(21-2)6-7-14(12)22-3)17-15-13(18(19)20)5-4-8-16-15/h4-10H,1-3H3,(H,16,17)/p+1/t10-/m0/s1. The highest BCUT2D eigenvalue weighted by Gasteiger charge is 2.24. The highest BCUT2D eigenvalue weighted by atomic mass is 16.6. The highest BCUT2D eigenvalue weighted by molar-refractivity contribution is 5.53. The number of rotatable bonds is 6. The van der Waals surface area contributed by atoms with E-state index in [2.05, 4.69) is 10.3 Å². The molecule has 0 bridgehead atoms. The predicted molar refractivity (Wildman–Crippen MR) is 81.2 cm³/mol. The second-order valence-electron chi connectivity index (χ2n) is 4.66. The summed E-state index contributed by atoms with van der Waals surface area (Å²) in [6.07, 6.45) is 1.63. The van der Waals surface area contributed by atoms with Gasteiger partial charge in [0.1, 0.15) is 17.5 Å². The molecule has 22 heavy (non-hydrogen) atoms. The summed E-state index contributed by atoms with van der Waals surface area (Å²) < 4.78 is 10.6. The highest BCUT2D eigenvalue weighted by Crippen LogP contribution is 2.32. The van der Waals surface area contributed by atoms with Gasteiger partial charge in [0.15, 0.2) is 0 Å². The molecular formula is C15H18N3O4+. The lowest BCUT2D eigenvalue weighted by Gasteiger charge is -2.14. The number of anilines is 1. The SMILES string of the molecule is COc1ccc(OC)c([C@H](C)Nc2[nH+]cccc2[N+](=O)[O-])c1. The number of aromatic amines is 1. The molecule has 2 N–H and O–H groups in total. The van der Waals surface area contributed by atoms with Crippen LogP contribution in [-0.4, -0.2) is 19.1 Å². The van der Waals surface area contributed by atoms with Gasteiger partial charge in [0.25, 0.3) is 0 Å². The van der Waals surface area contributed by atoms with Crippen molar-refractivity contribution in [3.05, 3.63) is 52.2 Å². The van der Waals surface area contributed by atoms with E-state index in [4.69, 9.17) is 9.47 Å². The van der Waals surface area contributed by atoms with Crippen LogP contribution in [0.5, 0.6) is 11.5 Å². The number of ether oxygens (including phenoxy) is 2. The predicted octanol–water partition coefficient (Wildman–Crippen LogP) is 2.60. The first-order chi connectivity index (χ1) is 10.6. The molecule has 0 aliphatic carbocycles. The minimum Gasteiger partial charge on any atom is -0.497 e. The van der Waals surface area contributed by atoms with Crippen LogP contribution in [-0.2, 0) is 0 Å². The van der Waals surface area contributed by atoms with Gasteiger partial charge < -0.3 is 9.47 Å². The molecule has 0 spiro atoms. The van der Waals surface area contributed by atoms with E-state index in [0.717, 1.165) is 5.56 Å². The van der Waals surface area contributed by atoms with Crippen molar-refractivity contribution in [2.45, 2.75) is 13.0 Å². The topological polar surface area (TPSA) is 87.8 Å². The summed E-state index contributed by atoms with van der Waals surface area (Å²) in [5.74, 6) is 1.71. The Morgan fingerprint density at radius 1 is 1.27 bits per heavy atom. The molecule has 7 heteroatoms. The van der Waals surface area contributed by atoms with Crippen LogP contribution in [0, 0.1) is 10.1 Å². The van der Waals surface area contributed by atoms with Gasteiger partial charge in [0.2, 0.25) is 0 Å². The van der Waals surface area contributed by atoms with E-state index >= 15 is 0 Å². The van der Waals surface area contributed by atoms with Gasteiger partial charge in [0.05, 0.1) is 25.3 Å². The third-order valence-electron chi connectivity index (χ3n) is 3.30. The average Bonchev–Trinajstić information content (AvgIpc) is 2.54. The van der Waals surface area contributed by atoms with Crippen molar-refractivity contribution in [2.75, 3.05) is 19.5 Å². The largest absolute Gasteiger partial charge is 0.497 e. The monoisotopic (exact) mass is 304 g/mol. The van der Waals surface area contributed by atoms with E-state index < -0.39 is 4.92 Å². The van der Waals surface area contributed by atoms with Gasteiger partial charge >= 0.3 is 11.5 Å². The van der Waals surface area contributed by atoms with E-state index in [1.807, 2.05) is 13.0 Å². The van der Waals surface area contributed by atoms with E-state index in [1.165, 1.54) is 6.07 Å². The summed E-state index contributed by atoms with van der Waals surface area (Å²) >= 11 is 0. The summed E-state index contributed by atoms with van der Waals surface area (Å²) in [6.45, 7) is 1.89. The molecule has 0 fully saturated rings. The lowest BCUT2D eigenvalue weighted by atomic mass is 10.1. The summed E-state index contributed by atoms with van der Waals surface area (Å²) in [7, 11) is 3.16. The van der Waals surface area contributed by atoms with Crippen molar-refractivity contribution in [1.29, 1.82) is 0 Å². The number of methoxy groups -OCH3 is 2. The Hall–Kier alpha value is -2.83. The molecule has 1 aromatic heterocycles. The van der Waals surface area contributed by atoms with E-state index in [0.29, 0.717) is 17.3 Å². The van der Waals surface area contributed by atoms with Crippen LogP contribution in [0.2, 0.25) is 0 Å². The van der Waals surface area contributed by atoms with E-state index in [-0.39, 0.29) is 11.7 Å². The van der Waals surface area contributed by atoms with Crippen LogP contribution in [0.3, 0.4) is 0 Å². The molecule has 0 saturated carbocycles. The number of nitrogens with one attached hydrogen (secondary N) is 2. The first kappa shape index (κ1) is 15.6. The van der Waals surface area contributed by atoms with Gasteiger partial charge in [-0.1, -0.05) is 0 Å². The van der Waals surface area contributed by atoms with E-state index in [1.54, 1.807) is 38.6 Å². The third kappa shape index (κ3) is 3.25. The fourth-order valence-electron chi connectivity index (χ4n) is 2.17. The maximum absolute atomic E-state index is 11.1. The third-order valence-corrected chi connectivity index (χ3v) is 3.30. The van der Waals surface area contributed by atoms with Crippen molar-refractivity contribution in [3.63, 3.8) is 0 Å². The minimum absolute atomic E-state index is 0.0174. The Kier molecular flexibility index (Phi) is 4.77. The fourth-order valence-corrected chi connectivity index (χ4v) is 2.17. The van der Waals surface area contributed by atoms with Crippen molar-refractivity contribution in [3.8, 4) is 11.5 Å². The first-order valence-corrected chi connectivity index (χ1v) is 6.70. The second-order valence-corrected chi connectivity index (χ2v) is 4.66. The van der Waals surface area contributed by atoms with Crippen LogP contribution in [0.25, 0.3) is 0 Å². The van der Waals surface area contributed by atoms with Crippen LogP contribution >= 0.6 is 0 Å². The molecule has 0 unspecified atom stereocenters. The van der Waals surface area contributed by atoms with Gasteiger partial charge in [-0.05, 0) is 31.2 Å². The molecule has 2 aromatic rings. The number of hydrogen-bond donors (Lipinski definition) is 1. The first-order valence-electron chi connectivity index (χ1n) is 6.70. The molecule has 1 heterocycles. The van der Waals surface area contributed by atoms with Crippen LogP contribution in [0.15, 0.2) is 36.5 Å².